The lowest BCUT2D eigenvalue weighted by Crippen LogP contribution is -2.51. The molecular weight excluding hydrogens is 602 g/mol. The Hall–Kier alpha value is -2.48. The van der Waals surface area contributed by atoms with E-state index >= 15 is 0 Å². The van der Waals surface area contributed by atoms with Crippen LogP contribution in [0.15, 0.2) is 93.9 Å². The average Bonchev–Trinajstić information content (AvgIpc) is 3.42. The van der Waals surface area contributed by atoms with E-state index < -0.39 is 6.10 Å². The first-order valence-corrected chi connectivity index (χ1v) is 14.8. The number of benzene rings is 4. The van der Waals surface area contributed by atoms with Crippen molar-refractivity contribution in [2.24, 2.45) is 0 Å². The van der Waals surface area contributed by atoms with E-state index in [1.165, 1.54) is 33.0 Å². The number of nitrogens with zero attached hydrogens (tertiary/aromatic N) is 3. The van der Waals surface area contributed by atoms with Gasteiger partial charge in [-0.15, -0.1) is 0 Å². The summed E-state index contributed by atoms with van der Waals surface area (Å²) < 4.78 is 4.47. The third kappa shape index (κ3) is 3.89. The number of halogens is 2. The van der Waals surface area contributed by atoms with Crippen molar-refractivity contribution in [3.63, 3.8) is 0 Å². The van der Waals surface area contributed by atoms with Gasteiger partial charge in [0.15, 0.2) is 0 Å². The number of piperazine rings is 1. The van der Waals surface area contributed by atoms with Gasteiger partial charge in [-0.25, -0.2) is 0 Å². The topological polar surface area (TPSA) is 31.6 Å². The van der Waals surface area contributed by atoms with Crippen molar-refractivity contribution in [1.82, 2.24) is 14.4 Å². The molecule has 1 fully saturated rings. The lowest BCUT2D eigenvalue weighted by molar-refractivity contribution is -0.0103. The van der Waals surface area contributed by atoms with Gasteiger partial charge in [0.05, 0.1) is 23.2 Å². The maximum Gasteiger partial charge on any atom is 0.113 e. The van der Waals surface area contributed by atoms with E-state index in [4.69, 9.17) is 0 Å². The van der Waals surface area contributed by atoms with Crippen LogP contribution < -0.4 is 0 Å². The van der Waals surface area contributed by atoms with E-state index in [9.17, 15) is 5.11 Å². The fourth-order valence-corrected chi connectivity index (χ4v) is 7.47. The molecule has 2 atom stereocenters. The molecule has 6 heteroatoms. The van der Waals surface area contributed by atoms with Gasteiger partial charge in [0.2, 0.25) is 0 Å². The molecule has 1 aliphatic heterocycles. The van der Waals surface area contributed by atoms with Crippen molar-refractivity contribution in [1.29, 1.82) is 0 Å². The normalized spacial score (nSPS) is 18.1. The molecule has 0 bridgehead atoms. The van der Waals surface area contributed by atoms with E-state index in [2.05, 4.69) is 131 Å². The average molecular weight is 631 g/mol. The lowest BCUT2D eigenvalue weighted by atomic mass is 10.0. The number of aliphatic hydroxyl groups excluding tert-OH is 1. The minimum atomic E-state index is -0.527. The van der Waals surface area contributed by atoms with Crippen LogP contribution in [0.2, 0.25) is 0 Å². The van der Waals surface area contributed by atoms with Gasteiger partial charge in [0, 0.05) is 45.9 Å². The Morgan fingerprint density at radius 3 is 1.71 bits per heavy atom. The number of rotatable bonds is 4. The zero-order valence-corrected chi connectivity index (χ0v) is 24.4. The molecule has 2 heterocycles. The molecule has 5 aromatic rings. The Bertz CT molecular complexity index is 1560. The fraction of sp³-hybridized carbons (Fsp3) is 0.250. The molecule has 4 nitrogen and oxygen atoms in total. The lowest BCUT2D eigenvalue weighted by Gasteiger charge is -2.43. The maximum absolute atomic E-state index is 11.2. The predicted octanol–water partition coefficient (Wildman–Crippen LogP) is 7.59. The van der Waals surface area contributed by atoms with Crippen LogP contribution in [0.4, 0.5) is 0 Å². The standard InChI is InChI=1S/C32H29Br2N3O/c1-20(38)32(37-29-12-10-21(33)18-27(29)28-19-22(34)11-13-30(28)37)36-16-14-35(15-17-36)31-25-8-4-2-6-23(25)24-7-3-5-9-26(24)31/h2-13,18-20,31-32,38H,14-17H2,1H3. The molecule has 2 aliphatic rings. The maximum atomic E-state index is 11.2. The first-order chi connectivity index (χ1) is 18.5. The highest BCUT2D eigenvalue weighted by atomic mass is 79.9. The summed E-state index contributed by atoms with van der Waals surface area (Å²) in [6.07, 6.45) is -0.678. The predicted molar refractivity (Wildman–Crippen MR) is 162 cm³/mol. The van der Waals surface area contributed by atoms with E-state index in [1.807, 2.05) is 6.92 Å². The minimum absolute atomic E-state index is 0.150. The van der Waals surface area contributed by atoms with E-state index in [0.29, 0.717) is 0 Å². The van der Waals surface area contributed by atoms with Gasteiger partial charge in [-0.05, 0) is 65.6 Å². The largest absolute Gasteiger partial charge is 0.390 e. The van der Waals surface area contributed by atoms with Crippen molar-refractivity contribution in [3.8, 4) is 11.1 Å². The quantitative estimate of drug-likeness (QED) is 0.222. The number of hydrogen-bond acceptors (Lipinski definition) is 3. The third-order valence-corrected chi connectivity index (χ3v) is 9.30. The fourth-order valence-electron chi connectivity index (χ4n) is 6.75. The highest BCUT2D eigenvalue weighted by Crippen LogP contribution is 2.46. The van der Waals surface area contributed by atoms with Crippen LogP contribution in [-0.4, -0.2) is 51.8 Å². The second-order valence-corrected chi connectivity index (χ2v) is 12.3. The van der Waals surface area contributed by atoms with Crippen molar-refractivity contribution in [3.05, 3.63) is 105 Å². The van der Waals surface area contributed by atoms with Crippen molar-refractivity contribution in [2.45, 2.75) is 25.2 Å². The van der Waals surface area contributed by atoms with Gasteiger partial charge in [-0.2, -0.15) is 0 Å². The molecule has 4 aromatic carbocycles. The molecule has 2 unspecified atom stereocenters. The van der Waals surface area contributed by atoms with Gasteiger partial charge in [0.1, 0.15) is 6.17 Å². The molecule has 38 heavy (non-hydrogen) atoms. The Kier molecular flexibility index (Phi) is 6.21. The molecule has 1 aromatic heterocycles. The summed E-state index contributed by atoms with van der Waals surface area (Å²) in [7, 11) is 0. The number of aliphatic hydroxyl groups is 1. The number of aromatic nitrogens is 1. The van der Waals surface area contributed by atoms with Gasteiger partial charge < -0.3 is 9.67 Å². The van der Waals surface area contributed by atoms with Crippen LogP contribution in [0.3, 0.4) is 0 Å². The highest BCUT2D eigenvalue weighted by molar-refractivity contribution is 9.10. The molecule has 192 valence electrons. The molecule has 0 radical (unpaired) electrons. The summed E-state index contributed by atoms with van der Waals surface area (Å²) in [5.74, 6) is 0. The first kappa shape index (κ1) is 24.6. The van der Waals surface area contributed by atoms with Crippen LogP contribution in [-0.2, 0) is 0 Å². The molecule has 1 N–H and O–H groups in total. The van der Waals surface area contributed by atoms with Gasteiger partial charge in [0.25, 0.3) is 0 Å². The molecule has 0 spiro atoms. The second kappa shape index (κ2) is 9.61. The summed E-state index contributed by atoms with van der Waals surface area (Å²) in [5.41, 5.74) is 7.84. The summed E-state index contributed by atoms with van der Waals surface area (Å²) >= 11 is 7.33. The Labute approximate surface area is 239 Å². The van der Waals surface area contributed by atoms with Crippen LogP contribution in [0.5, 0.6) is 0 Å². The van der Waals surface area contributed by atoms with Gasteiger partial charge >= 0.3 is 0 Å². The van der Waals surface area contributed by atoms with E-state index in [0.717, 1.165) is 46.2 Å². The highest BCUT2D eigenvalue weighted by Gasteiger charge is 2.37. The van der Waals surface area contributed by atoms with Crippen molar-refractivity contribution < 1.29 is 5.11 Å². The molecule has 0 saturated carbocycles. The van der Waals surface area contributed by atoms with Gasteiger partial charge in [-0.1, -0.05) is 80.4 Å². The minimum Gasteiger partial charge on any atom is -0.390 e. The summed E-state index contributed by atoms with van der Waals surface area (Å²) in [4.78, 5) is 5.09. The first-order valence-electron chi connectivity index (χ1n) is 13.2. The second-order valence-electron chi connectivity index (χ2n) is 10.5. The molecular formula is C32H29Br2N3O. The SMILES string of the molecule is CC(O)C(N1CCN(C2c3ccccc3-c3ccccc32)CC1)n1c2ccc(Br)cc2c2cc(Br)ccc21. The van der Waals surface area contributed by atoms with Gasteiger partial charge in [-0.3, -0.25) is 9.80 Å². The monoisotopic (exact) mass is 629 g/mol. The Balaban J connectivity index is 1.24. The smallest absolute Gasteiger partial charge is 0.113 e. The van der Waals surface area contributed by atoms with E-state index in [-0.39, 0.29) is 12.2 Å². The molecule has 1 saturated heterocycles. The Morgan fingerprint density at radius 2 is 1.21 bits per heavy atom. The van der Waals surface area contributed by atoms with E-state index in [1.54, 1.807) is 0 Å². The molecule has 1 aliphatic carbocycles. The number of hydrogen-bond donors (Lipinski definition) is 1. The van der Waals surface area contributed by atoms with Crippen molar-refractivity contribution in [2.75, 3.05) is 26.2 Å². The number of fused-ring (bicyclic) bond motifs is 6. The summed E-state index contributed by atoms with van der Waals surface area (Å²) in [6, 6.07) is 30.9. The molecule has 0 amide bonds. The zero-order valence-electron chi connectivity index (χ0n) is 21.2. The van der Waals surface area contributed by atoms with Crippen LogP contribution in [0.1, 0.15) is 30.3 Å². The molecule has 7 rings (SSSR count). The Morgan fingerprint density at radius 1 is 0.711 bits per heavy atom. The van der Waals surface area contributed by atoms with Crippen molar-refractivity contribution >= 4 is 53.7 Å². The van der Waals surface area contributed by atoms with Crippen LogP contribution in [0, 0.1) is 0 Å². The zero-order chi connectivity index (χ0) is 26.0. The third-order valence-electron chi connectivity index (χ3n) is 8.31. The summed E-state index contributed by atoms with van der Waals surface area (Å²) in [6.45, 7) is 5.61. The summed E-state index contributed by atoms with van der Waals surface area (Å²) in [5, 5.41) is 13.6. The van der Waals surface area contributed by atoms with Crippen LogP contribution >= 0.6 is 31.9 Å². The van der Waals surface area contributed by atoms with Crippen LogP contribution in [0.25, 0.3) is 32.9 Å².